The summed E-state index contributed by atoms with van der Waals surface area (Å²) in [6, 6.07) is 9.48. The van der Waals surface area contributed by atoms with E-state index in [1.807, 2.05) is 0 Å². The van der Waals surface area contributed by atoms with E-state index < -0.39 is 0 Å². The van der Waals surface area contributed by atoms with E-state index in [1.165, 1.54) is 50.1 Å². The first kappa shape index (κ1) is 16.4. The summed E-state index contributed by atoms with van der Waals surface area (Å²) in [5.74, 6) is 1.40. The molecule has 1 unspecified atom stereocenters. The average Bonchev–Trinajstić information content (AvgIpc) is 2.48. The number of piperidine rings is 1. The van der Waals surface area contributed by atoms with Crippen LogP contribution in [0, 0.1) is 5.92 Å². The van der Waals surface area contributed by atoms with Crippen molar-refractivity contribution in [3.8, 4) is 0 Å². The zero-order valence-electron chi connectivity index (χ0n) is 14.2. The lowest BCUT2D eigenvalue weighted by atomic mass is 9.90. The van der Waals surface area contributed by atoms with E-state index in [0.717, 1.165) is 5.92 Å². The Morgan fingerprint density at radius 1 is 1.19 bits per heavy atom. The monoisotopic (exact) mass is 288 g/mol. The molecule has 2 nitrogen and oxygen atoms in total. The molecule has 2 rings (SSSR count). The van der Waals surface area contributed by atoms with Gasteiger partial charge < -0.3 is 10.2 Å². The standard InChI is InChI=1S/C19H32N2/c1-5-11-21-12-9-17(10-13-21)16(4)20-19-8-6-7-18(14-19)15(2)3/h6-8,14-17,20H,5,9-13H2,1-4H3. The second kappa shape index (κ2) is 7.84. The predicted molar refractivity (Wildman–Crippen MR) is 93.1 cm³/mol. The SMILES string of the molecule is CCCN1CCC(C(C)Nc2cccc(C(C)C)c2)CC1. The molecule has 21 heavy (non-hydrogen) atoms. The van der Waals surface area contributed by atoms with Crippen molar-refractivity contribution in [3.63, 3.8) is 0 Å². The lowest BCUT2D eigenvalue weighted by Crippen LogP contribution is -2.39. The lowest BCUT2D eigenvalue weighted by molar-refractivity contribution is 0.176. The average molecular weight is 288 g/mol. The van der Waals surface area contributed by atoms with Gasteiger partial charge in [-0.25, -0.2) is 0 Å². The van der Waals surface area contributed by atoms with Crippen LogP contribution in [0.25, 0.3) is 0 Å². The maximum absolute atomic E-state index is 3.74. The third-order valence-electron chi connectivity index (χ3n) is 4.83. The van der Waals surface area contributed by atoms with Gasteiger partial charge in [0.15, 0.2) is 0 Å². The normalized spacial score (nSPS) is 18.9. The summed E-state index contributed by atoms with van der Waals surface area (Å²) in [5, 5.41) is 3.74. The number of rotatable bonds is 6. The highest BCUT2D eigenvalue weighted by atomic mass is 15.1. The Balaban J connectivity index is 1.87. The van der Waals surface area contributed by atoms with Gasteiger partial charge in [0.25, 0.3) is 0 Å². The van der Waals surface area contributed by atoms with Crippen LogP contribution in [0.15, 0.2) is 24.3 Å². The third kappa shape index (κ3) is 4.74. The molecule has 0 saturated carbocycles. The van der Waals surface area contributed by atoms with E-state index in [1.54, 1.807) is 0 Å². The van der Waals surface area contributed by atoms with Gasteiger partial charge in [-0.05, 0) is 75.4 Å². The number of anilines is 1. The summed E-state index contributed by atoms with van der Waals surface area (Å²) < 4.78 is 0. The molecule has 1 fully saturated rings. The van der Waals surface area contributed by atoms with Crippen LogP contribution in [0.3, 0.4) is 0 Å². The van der Waals surface area contributed by atoms with Crippen molar-refractivity contribution in [1.82, 2.24) is 4.90 Å². The van der Waals surface area contributed by atoms with Crippen molar-refractivity contribution in [3.05, 3.63) is 29.8 Å². The molecule has 1 saturated heterocycles. The van der Waals surface area contributed by atoms with E-state index >= 15 is 0 Å². The van der Waals surface area contributed by atoms with Crippen molar-refractivity contribution in [1.29, 1.82) is 0 Å². The number of nitrogens with one attached hydrogen (secondary N) is 1. The Morgan fingerprint density at radius 3 is 2.52 bits per heavy atom. The first-order chi connectivity index (χ1) is 10.1. The Morgan fingerprint density at radius 2 is 1.90 bits per heavy atom. The topological polar surface area (TPSA) is 15.3 Å². The van der Waals surface area contributed by atoms with Gasteiger partial charge in [0, 0.05) is 11.7 Å². The maximum Gasteiger partial charge on any atom is 0.0345 e. The van der Waals surface area contributed by atoms with Crippen LogP contribution in [0.2, 0.25) is 0 Å². The van der Waals surface area contributed by atoms with Crippen molar-refractivity contribution < 1.29 is 0 Å². The minimum atomic E-state index is 0.566. The lowest BCUT2D eigenvalue weighted by Gasteiger charge is -2.35. The fourth-order valence-electron chi connectivity index (χ4n) is 3.36. The molecule has 0 amide bonds. The van der Waals surface area contributed by atoms with Gasteiger partial charge in [-0.2, -0.15) is 0 Å². The van der Waals surface area contributed by atoms with Crippen LogP contribution in [0.1, 0.15) is 58.4 Å². The zero-order valence-corrected chi connectivity index (χ0v) is 14.2. The predicted octanol–water partition coefficient (Wildman–Crippen LogP) is 4.73. The second-order valence-electron chi connectivity index (χ2n) is 6.89. The molecular weight excluding hydrogens is 256 g/mol. The van der Waals surface area contributed by atoms with Gasteiger partial charge in [0.05, 0.1) is 0 Å². The Kier molecular flexibility index (Phi) is 6.10. The Hall–Kier alpha value is -1.02. The Bertz CT molecular complexity index is 419. The van der Waals surface area contributed by atoms with E-state index in [-0.39, 0.29) is 0 Å². The summed E-state index contributed by atoms with van der Waals surface area (Å²) in [5.41, 5.74) is 2.70. The first-order valence-corrected chi connectivity index (χ1v) is 8.69. The molecule has 1 aromatic rings. The van der Waals surface area contributed by atoms with E-state index in [9.17, 15) is 0 Å². The smallest absolute Gasteiger partial charge is 0.0345 e. The van der Waals surface area contributed by atoms with Crippen LogP contribution in [0.4, 0.5) is 5.69 Å². The van der Waals surface area contributed by atoms with Gasteiger partial charge in [0.1, 0.15) is 0 Å². The van der Waals surface area contributed by atoms with Crippen LogP contribution < -0.4 is 5.32 Å². The van der Waals surface area contributed by atoms with Gasteiger partial charge in [-0.3, -0.25) is 0 Å². The van der Waals surface area contributed by atoms with Crippen LogP contribution >= 0.6 is 0 Å². The highest BCUT2D eigenvalue weighted by Crippen LogP contribution is 2.25. The summed E-state index contributed by atoms with van der Waals surface area (Å²) in [6.07, 6.45) is 3.94. The second-order valence-corrected chi connectivity index (χ2v) is 6.89. The highest BCUT2D eigenvalue weighted by molar-refractivity contribution is 5.47. The number of benzene rings is 1. The minimum Gasteiger partial charge on any atom is -0.382 e. The molecule has 0 radical (unpaired) electrons. The molecule has 1 atom stereocenters. The van der Waals surface area contributed by atoms with E-state index in [4.69, 9.17) is 0 Å². The molecular formula is C19H32N2. The molecule has 1 aliphatic heterocycles. The van der Waals surface area contributed by atoms with Crippen molar-refractivity contribution in [2.75, 3.05) is 25.0 Å². The molecule has 1 aromatic carbocycles. The van der Waals surface area contributed by atoms with Gasteiger partial charge in [-0.15, -0.1) is 0 Å². The fourth-order valence-corrected chi connectivity index (χ4v) is 3.36. The van der Waals surface area contributed by atoms with Crippen molar-refractivity contribution in [2.24, 2.45) is 5.92 Å². The molecule has 0 aromatic heterocycles. The number of hydrogen-bond donors (Lipinski definition) is 1. The molecule has 118 valence electrons. The fraction of sp³-hybridized carbons (Fsp3) is 0.684. The van der Waals surface area contributed by atoms with Crippen molar-refractivity contribution >= 4 is 5.69 Å². The summed E-state index contributed by atoms with van der Waals surface area (Å²) >= 11 is 0. The van der Waals surface area contributed by atoms with Crippen LogP contribution in [0.5, 0.6) is 0 Å². The van der Waals surface area contributed by atoms with Crippen molar-refractivity contribution in [2.45, 2.75) is 58.9 Å². The number of nitrogens with zero attached hydrogens (tertiary/aromatic N) is 1. The van der Waals surface area contributed by atoms with Gasteiger partial charge >= 0.3 is 0 Å². The first-order valence-electron chi connectivity index (χ1n) is 8.69. The molecule has 0 aliphatic carbocycles. The van der Waals surface area contributed by atoms with E-state index in [2.05, 4.69) is 62.2 Å². The van der Waals surface area contributed by atoms with E-state index in [0.29, 0.717) is 12.0 Å². The zero-order chi connectivity index (χ0) is 15.2. The van der Waals surface area contributed by atoms with Gasteiger partial charge in [-0.1, -0.05) is 32.9 Å². The maximum atomic E-state index is 3.74. The summed E-state index contributed by atoms with van der Waals surface area (Å²) in [7, 11) is 0. The summed E-state index contributed by atoms with van der Waals surface area (Å²) in [6.45, 7) is 13.0. The molecule has 0 spiro atoms. The Labute approximate surface area is 130 Å². The summed E-state index contributed by atoms with van der Waals surface area (Å²) in [4.78, 5) is 2.61. The quantitative estimate of drug-likeness (QED) is 0.814. The minimum absolute atomic E-state index is 0.566. The number of hydrogen-bond acceptors (Lipinski definition) is 2. The molecule has 1 heterocycles. The molecule has 1 N–H and O–H groups in total. The highest BCUT2D eigenvalue weighted by Gasteiger charge is 2.23. The molecule has 1 aliphatic rings. The number of likely N-dealkylation sites (tertiary alicyclic amines) is 1. The van der Waals surface area contributed by atoms with Crippen LogP contribution in [-0.2, 0) is 0 Å². The largest absolute Gasteiger partial charge is 0.382 e. The third-order valence-corrected chi connectivity index (χ3v) is 4.83. The van der Waals surface area contributed by atoms with Crippen LogP contribution in [-0.4, -0.2) is 30.6 Å². The van der Waals surface area contributed by atoms with Gasteiger partial charge in [0.2, 0.25) is 0 Å². The molecule has 2 heteroatoms. The molecule has 0 bridgehead atoms.